The van der Waals surface area contributed by atoms with Gasteiger partial charge in [0.1, 0.15) is 5.25 Å². The number of hydrogen-bond acceptors (Lipinski definition) is 3. The van der Waals surface area contributed by atoms with Crippen LogP contribution in [0.3, 0.4) is 0 Å². The van der Waals surface area contributed by atoms with Gasteiger partial charge in [-0.15, -0.1) is 0 Å². The van der Waals surface area contributed by atoms with E-state index in [0.717, 1.165) is 34.3 Å². The van der Waals surface area contributed by atoms with Gasteiger partial charge in [0.2, 0.25) is 5.91 Å². The molecule has 3 aromatic rings. The molecule has 0 aliphatic heterocycles. The number of amides is 1. The Morgan fingerprint density at radius 1 is 1.12 bits per heavy atom. The largest absolute Gasteiger partial charge is 0.352 e. The summed E-state index contributed by atoms with van der Waals surface area (Å²) in [5.74, 6) is 0.0753. The summed E-state index contributed by atoms with van der Waals surface area (Å²) >= 11 is 1.53. The second-order valence-corrected chi connectivity index (χ2v) is 7.61. The fraction of sp³-hybridized carbons (Fsp3) is 0.238. The molecule has 1 fully saturated rings. The number of benzene rings is 2. The number of fused-ring (bicyclic) bond motifs is 1. The molecule has 2 aromatic carbocycles. The van der Waals surface area contributed by atoms with E-state index in [9.17, 15) is 4.79 Å². The van der Waals surface area contributed by atoms with Crippen LogP contribution in [0.4, 0.5) is 0 Å². The number of thioether (sulfide) groups is 1. The summed E-state index contributed by atoms with van der Waals surface area (Å²) in [6, 6.07) is 20.5. The molecule has 0 radical (unpaired) electrons. The van der Waals surface area contributed by atoms with Crippen LogP contribution in [0.5, 0.6) is 0 Å². The molecule has 0 spiro atoms. The van der Waals surface area contributed by atoms with E-state index in [0.29, 0.717) is 6.04 Å². The zero-order chi connectivity index (χ0) is 17.2. The topological polar surface area (TPSA) is 42.0 Å². The lowest BCUT2D eigenvalue weighted by atomic mass is 10.1. The second-order valence-electron chi connectivity index (χ2n) is 6.49. The predicted octanol–water partition coefficient (Wildman–Crippen LogP) is 4.66. The van der Waals surface area contributed by atoms with Crippen molar-refractivity contribution in [3.05, 3.63) is 71.8 Å². The molecular weight excluding hydrogens is 328 g/mol. The maximum Gasteiger partial charge on any atom is 0.238 e. The quantitative estimate of drug-likeness (QED) is 0.682. The molecule has 1 aromatic heterocycles. The minimum atomic E-state index is -0.283. The van der Waals surface area contributed by atoms with Crippen molar-refractivity contribution >= 4 is 28.6 Å². The highest BCUT2D eigenvalue weighted by Crippen LogP contribution is 2.36. The minimum Gasteiger partial charge on any atom is -0.352 e. The molecule has 1 unspecified atom stereocenters. The molecule has 1 aliphatic carbocycles. The van der Waals surface area contributed by atoms with Crippen molar-refractivity contribution in [2.24, 2.45) is 0 Å². The monoisotopic (exact) mass is 348 g/mol. The normalized spacial score (nSPS) is 15.1. The van der Waals surface area contributed by atoms with Crippen LogP contribution in [0.25, 0.3) is 10.9 Å². The molecule has 1 atom stereocenters. The van der Waals surface area contributed by atoms with E-state index in [4.69, 9.17) is 4.98 Å². The van der Waals surface area contributed by atoms with E-state index in [1.165, 1.54) is 17.3 Å². The third-order valence-electron chi connectivity index (χ3n) is 4.40. The molecule has 1 heterocycles. The number of rotatable bonds is 5. The van der Waals surface area contributed by atoms with E-state index in [1.807, 2.05) is 48.5 Å². The van der Waals surface area contributed by atoms with Crippen LogP contribution >= 0.6 is 11.8 Å². The Kier molecular flexibility index (Phi) is 4.45. The van der Waals surface area contributed by atoms with Crippen LogP contribution in [-0.4, -0.2) is 16.9 Å². The van der Waals surface area contributed by atoms with E-state index < -0.39 is 0 Å². The molecule has 0 bridgehead atoms. The predicted molar refractivity (Wildman–Crippen MR) is 103 cm³/mol. The van der Waals surface area contributed by atoms with E-state index in [1.54, 1.807) is 0 Å². The van der Waals surface area contributed by atoms with Crippen molar-refractivity contribution in [2.45, 2.75) is 36.1 Å². The van der Waals surface area contributed by atoms with E-state index >= 15 is 0 Å². The number of pyridine rings is 1. The number of carbonyl (C=O) groups is 1. The van der Waals surface area contributed by atoms with Gasteiger partial charge in [0.25, 0.3) is 0 Å². The average Bonchev–Trinajstić information content (AvgIpc) is 3.44. The smallest absolute Gasteiger partial charge is 0.238 e. The number of nitrogens with zero attached hydrogens (tertiary/aromatic N) is 1. The van der Waals surface area contributed by atoms with Gasteiger partial charge in [-0.3, -0.25) is 4.79 Å². The van der Waals surface area contributed by atoms with Crippen molar-refractivity contribution in [1.82, 2.24) is 10.3 Å². The highest BCUT2D eigenvalue weighted by Gasteiger charge is 2.29. The summed E-state index contributed by atoms with van der Waals surface area (Å²) in [6.45, 7) is 2.09. The minimum absolute atomic E-state index is 0.0753. The molecule has 0 saturated heterocycles. The van der Waals surface area contributed by atoms with Crippen molar-refractivity contribution in [1.29, 1.82) is 0 Å². The maximum atomic E-state index is 12.8. The average molecular weight is 348 g/mol. The number of aryl methyl sites for hydroxylation is 1. The Morgan fingerprint density at radius 3 is 2.60 bits per heavy atom. The van der Waals surface area contributed by atoms with Gasteiger partial charge in [-0.05, 0) is 43.0 Å². The summed E-state index contributed by atoms with van der Waals surface area (Å²) in [7, 11) is 0. The van der Waals surface area contributed by atoms with Gasteiger partial charge in [-0.25, -0.2) is 4.98 Å². The first-order valence-electron chi connectivity index (χ1n) is 8.59. The van der Waals surface area contributed by atoms with Gasteiger partial charge in [0.05, 0.1) is 10.5 Å². The van der Waals surface area contributed by atoms with Gasteiger partial charge in [0.15, 0.2) is 0 Å². The molecule has 1 amide bonds. The summed E-state index contributed by atoms with van der Waals surface area (Å²) in [4.78, 5) is 17.5. The summed E-state index contributed by atoms with van der Waals surface area (Å²) < 4.78 is 0. The fourth-order valence-electron chi connectivity index (χ4n) is 2.90. The Hall–Kier alpha value is -2.33. The SMILES string of the molecule is Cc1cc(SC(C(=O)NC2CC2)c2ccccc2)nc2ccccc12. The lowest BCUT2D eigenvalue weighted by Gasteiger charge is -2.17. The molecule has 1 N–H and O–H groups in total. The summed E-state index contributed by atoms with van der Waals surface area (Å²) in [6.07, 6.45) is 2.18. The lowest BCUT2D eigenvalue weighted by Crippen LogP contribution is -2.29. The highest BCUT2D eigenvalue weighted by molar-refractivity contribution is 8.00. The zero-order valence-corrected chi connectivity index (χ0v) is 14.9. The van der Waals surface area contributed by atoms with Crippen molar-refractivity contribution in [2.75, 3.05) is 0 Å². The van der Waals surface area contributed by atoms with Gasteiger partial charge >= 0.3 is 0 Å². The third kappa shape index (κ3) is 3.69. The van der Waals surface area contributed by atoms with Crippen molar-refractivity contribution in [3.63, 3.8) is 0 Å². The van der Waals surface area contributed by atoms with Gasteiger partial charge < -0.3 is 5.32 Å². The van der Waals surface area contributed by atoms with Crippen LogP contribution < -0.4 is 5.32 Å². The Morgan fingerprint density at radius 2 is 1.84 bits per heavy atom. The molecule has 1 saturated carbocycles. The van der Waals surface area contributed by atoms with Crippen LogP contribution in [0.15, 0.2) is 65.7 Å². The van der Waals surface area contributed by atoms with Crippen LogP contribution in [0.2, 0.25) is 0 Å². The maximum absolute atomic E-state index is 12.8. The second kappa shape index (κ2) is 6.89. The standard InChI is InChI=1S/C21H20N2OS/c1-14-13-19(23-18-10-6-5-9-17(14)18)25-20(15-7-3-2-4-8-15)21(24)22-16-11-12-16/h2-10,13,16,20H,11-12H2,1H3,(H,22,24). The molecule has 3 nitrogen and oxygen atoms in total. The van der Waals surface area contributed by atoms with E-state index in [-0.39, 0.29) is 11.2 Å². The number of hydrogen-bond donors (Lipinski definition) is 1. The molecular formula is C21H20N2OS. The Balaban J connectivity index is 1.67. The molecule has 4 heteroatoms. The Bertz CT molecular complexity index is 906. The first-order valence-corrected chi connectivity index (χ1v) is 9.47. The van der Waals surface area contributed by atoms with Crippen LogP contribution in [-0.2, 0) is 4.79 Å². The van der Waals surface area contributed by atoms with Crippen LogP contribution in [0.1, 0.15) is 29.2 Å². The van der Waals surface area contributed by atoms with Gasteiger partial charge in [0, 0.05) is 11.4 Å². The molecule has 126 valence electrons. The first kappa shape index (κ1) is 16.2. The van der Waals surface area contributed by atoms with Crippen LogP contribution in [0, 0.1) is 6.92 Å². The molecule has 25 heavy (non-hydrogen) atoms. The fourth-order valence-corrected chi connectivity index (χ4v) is 4.01. The van der Waals surface area contributed by atoms with Crippen molar-refractivity contribution < 1.29 is 4.79 Å². The van der Waals surface area contributed by atoms with Gasteiger partial charge in [-0.2, -0.15) is 0 Å². The third-order valence-corrected chi connectivity index (χ3v) is 5.57. The number of para-hydroxylation sites is 1. The number of carbonyl (C=O) groups excluding carboxylic acids is 1. The summed E-state index contributed by atoms with van der Waals surface area (Å²) in [5, 5.41) is 4.90. The lowest BCUT2D eigenvalue weighted by molar-refractivity contribution is -0.120. The number of aromatic nitrogens is 1. The molecule has 4 rings (SSSR count). The summed E-state index contributed by atoms with van der Waals surface area (Å²) in [5.41, 5.74) is 3.17. The Labute approximate surface area is 151 Å². The number of nitrogens with one attached hydrogen (secondary N) is 1. The van der Waals surface area contributed by atoms with Crippen molar-refractivity contribution in [3.8, 4) is 0 Å². The zero-order valence-electron chi connectivity index (χ0n) is 14.1. The first-order chi connectivity index (χ1) is 12.2. The van der Waals surface area contributed by atoms with E-state index in [2.05, 4.69) is 24.4 Å². The highest BCUT2D eigenvalue weighted by atomic mass is 32.2. The van der Waals surface area contributed by atoms with Gasteiger partial charge in [-0.1, -0.05) is 60.3 Å². The molecule has 1 aliphatic rings.